The summed E-state index contributed by atoms with van der Waals surface area (Å²) in [6.45, 7) is 0. The van der Waals surface area contributed by atoms with Gasteiger partial charge in [0.05, 0.1) is 13.1 Å². The van der Waals surface area contributed by atoms with Gasteiger partial charge in [-0.3, -0.25) is 4.79 Å². The van der Waals surface area contributed by atoms with Gasteiger partial charge in [0.25, 0.3) is 5.91 Å². The van der Waals surface area contributed by atoms with Crippen LogP contribution < -0.4 is 5.32 Å². The highest BCUT2D eigenvalue weighted by atomic mass is 127. The quantitative estimate of drug-likeness (QED) is 0.586. The number of thiophene rings is 1. The molecule has 0 saturated heterocycles. The largest absolute Gasteiger partial charge is 0.322 e. The Morgan fingerprint density at radius 3 is 2.65 bits per heavy atom. The van der Waals surface area contributed by atoms with E-state index in [1.807, 2.05) is 24.3 Å². The fourth-order valence-corrected chi connectivity index (χ4v) is 4.60. The summed E-state index contributed by atoms with van der Waals surface area (Å²) >= 11 is 10.4. The third-order valence-corrected chi connectivity index (χ3v) is 4.99. The average Bonchev–Trinajstić information content (AvgIpc) is 2.58. The maximum Gasteiger partial charge on any atom is 0.257 e. The van der Waals surface area contributed by atoms with Gasteiger partial charge in [0.1, 0.15) is 0 Å². The molecule has 88 valence electrons. The van der Waals surface area contributed by atoms with Gasteiger partial charge in [0, 0.05) is 9.26 Å². The zero-order chi connectivity index (χ0) is 12.4. The SMILES string of the molecule is O=C(Nc1cccc(I)c1)c1cc(Br)sc1Br. The summed E-state index contributed by atoms with van der Waals surface area (Å²) in [5.41, 5.74) is 1.44. The maximum absolute atomic E-state index is 12.0. The van der Waals surface area contributed by atoms with Crippen LogP contribution in [-0.4, -0.2) is 5.91 Å². The van der Waals surface area contributed by atoms with Crippen LogP contribution in [0.1, 0.15) is 10.4 Å². The van der Waals surface area contributed by atoms with Crippen LogP contribution in [0.25, 0.3) is 0 Å². The molecular formula is C11H6Br2INOS. The Labute approximate surface area is 133 Å². The molecule has 17 heavy (non-hydrogen) atoms. The van der Waals surface area contributed by atoms with Gasteiger partial charge in [-0.15, -0.1) is 11.3 Å². The van der Waals surface area contributed by atoms with Crippen molar-refractivity contribution in [1.82, 2.24) is 0 Å². The summed E-state index contributed by atoms with van der Waals surface area (Å²) in [7, 11) is 0. The average molecular weight is 487 g/mol. The van der Waals surface area contributed by atoms with Crippen LogP contribution in [0.4, 0.5) is 5.69 Å². The molecule has 0 aliphatic carbocycles. The first-order valence-corrected chi connectivity index (χ1v) is 8.06. The molecule has 1 aromatic heterocycles. The van der Waals surface area contributed by atoms with E-state index in [0.29, 0.717) is 5.56 Å². The fourth-order valence-electron chi connectivity index (χ4n) is 1.26. The van der Waals surface area contributed by atoms with E-state index in [4.69, 9.17) is 0 Å². The molecule has 1 N–H and O–H groups in total. The molecule has 1 aromatic carbocycles. The smallest absolute Gasteiger partial charge is 0.257 e. The molecule has 0 radical (unpaired) electrons. The number of benzene rings is 1. The number of anilines is 1. The Bertz CT molecular complexity index is 570. The molecule has 1 amide bonds. The summed E-state index contributed by atoms with van der Waals surface area (Å²) in [4.78, 5) is 12.0. The first-order valence-electron chi connectivity index (χ1n) is 4.58. The van der Waals surface area contributed by atoms with Crippen LogP contribution in [0.15, 0.2) is 37.9 Å². The Hall–Kier alpha value is 0.0800. The number of nitrogens with one attached hydrogen (secondary N) is 1. The standard InChI is InChI=1S/C11H6Br2INOS/c12-9-5-8(10(13)17-9)11(16)15-7-3-1-2-6(14)4-7/h1-5H,(H,15,16). The van der Waals surface area contributed by atoms with Gasteiger partial charge in [-0.05, 0) is 78.7 Å². The lowest BCUT2D eigenvalue weighted by molar-refractivity contribution is 0.102. The summed E-state index contributed by atoms with van der Waals surface area (Å²) in [6.07, 6.45) is 0. The number of amides is 1. The molecule has 0 bridgehead atoms. The molecule has 6 heteroatoms. The molecule has 0 atom stereocenters. The van der Waals surface area contributed by atoms with Crippen molar-refractivity contribution < 1.29 is 4.79 Å². The van der Waals surface area contributed by atoms with E-state index in [2.05, 4.69) is 59.8 Å². The minimum Gasteiger partial charge on any atom is -0.322 e. The van der Waals surface area contributed by atoms with Crippen molar-refractivity contribution in [3.05, 3.63) is 47.0 Å². The molecule has 2 nitrogen and oxygen atoms in total. The van der Waals surface area contributed by atoms with E-state index >= 15 is 0 Å². The third-order valence-electron chi connectivity index (χ3n) is 1.98. The minimum absolute atomic E-state index is 0.110. The lowest BCUT2D eigenvalue weighted by atomic mass is 10.3. The summed E-state index contributed by atoms with van der Waals surface area (Å²) in [5.74, 6) is -0.110. The van der Waals surface area contributed by atoms with Crippen molar-refractivity contribution in [3.8, 4) is 0 Å². The van der Waals surface area contributed by atoms with Crippen molar-refractivity contribution in [2.75, 3.05) is 5.32 Å². The molecule has 0 saturated carbocycles. The predicted octanol–water partition coefficient (Wildman–Crippen LogP) is 5.13. The Balaban J connectivity index is 2.20. The molecule has 2 aromatic rings. The Kier molecular flexibility index (Phi) is 4.62. The minimum atomic E-state index is -0.110. The Morgan fingerprint density at radius 1 is 1.29 bits per heavy atom. The second-order valence-corrected chi connectivity index (χ2v) is 8.20. The first kappa shape index (κ1) is 13.5. The van der Waals surface area contributed by atoms with Gasteiger partial charge in [0.15, 0.2) is 0 Å². The highest BCUT2D eigenvalue weighted by Gasteiger charge is 2.13. The van der Waals surface area contributed by atoms with Gasteiger partial charge in [-0.1, -0.05) is 6.07 Å². The summed E-state index contributed by atoms with van der Waals surface area (Å²) < 4.78 is 2.84. The van der Waals surface area contributed by atoms with Crippen molar-refractivity contribution in [2.24, 2.45) is 0 Å². The molecule has 0 aliphatic heterocycles. The second kappa shape index (κ2) is 5.81. The van der Waals surface area contributed by atoms with E-state index in [9.17, 15) is 4.79 Å². The van der Waals surface area contributed by atoms with Gasteiger partial charge >= 0.3 is 0 Å². The molecular weight excluding hydrogens is 481 g/mol. The highest BCUT2D eigenvalue weighted by Crippen LogP contribution is 2.32. The van der Waals surface area contributed by atoms with Crippen molar-refractivity contribution in [2.45, 2.75) is 0 Å². The summed E-state index contributed by atoms with van der Waals surface area (Å²) in [5, 5.41) is 2.87. The van der Waals surface area contributed by atoms with Gasteiger partial charge < -0.3 is 5.32 Å². The fraction of sp³-hybridized carbons (Fsp3) is 0. The topological polar surface area (TPSA) is 29.1 Å². The van der Waals surface area contributed by atoms with Crippen LogP contribution in [-0.2, 0) is 0 Å². The predicted molar refractivity (Wildman–Crippen MR) is 86.8 cm³/mol. The first-order chi connectivity index (χ1) is 8.06. The van der Waals surface area contributed by atoms with Gasteiger partial charge in [0.2, 0.25) is 0 Å². The van der Waals surface area contributed by atoms with Crippen molar-refractivity contribution >= 4 is 77.4 Å². The molecule has 0 spiro atoms. The monoisotopic (exact) mass is 485 g/mol. The number of hydrogen-bond donors (Lipinski definition) is 1. The molecule has 0 aliphatic rings. The highest BCUT2D eigenvalue weighted by molar-refractivity contribution is 14.1. The molecule has 0 fully saturated rings. The zero-order valence-electron chi connectivity index (χ0n) is 8.34. The number of halogens is 3. The maximum atomic E-state index is 12.0. The Morgan fingerprint density at radius 2 is 2.06 bits per heavy atom. The van der Waals surface area contributed by atoms with Crippen LogP contribution in [0.3, 0.4) is 0 Å². The normalized spacial score (nSPS) is 10.3. The lowest BCUT2D eigenvalue weighted by Gasteiger charge is -2.04. The number of hydrogen-bond acceptors (Lipinski definition) is 2. The van der Waals surface area contributed by atoms with E-state index in [-0.39, 0.29) is 5.91 Å². The van der Waals surface area contributed by atoms with Crippen LogP contribution in [0.2, 0.25) is 0 Å². The number of carbonyl (C=O) groups excluding carboxylic acids is 1. The lowest BCUT2D eigenvalue weighted by Crippen LogP contribution is -2.11. The summed E-state index contributed by atoms with van der Waals surface area (Å²) in [6, 6.07) is 9.49. The van der Waals surface area contributed by atoms with Crippen molar-refractivity contribution in [1.29, 1.82) is 0 Å². The second-order valence-electron chi connectivity index (χ2n) is 3.20. The van der Waals surface area contributed by atoms with E-state index in [1.165, 1.54) is 11.3 Å². The van der Waals surface area contributed by atoms with Gasteiger partial charge in [-0.25, -0.2) is 0 Å². The zero-order valence-corrected chi connectivity index (χ0v) is 14.5. The van der Waals surface area contributed by atoms with Crippen molar-refractivity contribution in [3.63, 3.8) is 0 Å². The number of carbonyl (C=O) groups is 1. The molecule has 2 rings (SSSR count). The van der Waals surface area contributed by atoms with Gasteiger partial charge in [-0.2, -0.15) is 0 Å². The number of rotatable bonds is 2. The van der Waals surface area contributed by atoms with E-state index < -0.39 is 0 Å². The van der Waals surface area contributed by atoms with E-state index in [0.717, 1.165) is 16.8 Å². The van der Waals surface area contributed by atoms with Crippen LogP contribution in [0.5, 0.6) is 0 Å². The van der Waals surface area contributed by atoms with Crippen LogP contribution in [0, 0.1) is 3.57 Å². The van der Waals surface area contributed by atoms with E-state index in [1.54, 1.807) is 6.07 Å². The molecule has 0 unspecified atom stereocenters. The molecule has 1 heterocycles. The third kappa shape index (κ3) is 3.52. The van der Waals surface area contributed by atoms with Crippen LogP contribution >= 0.6 is 65.8 Å².